The normalized spacial score (nSPS) is 20.1. The van der Waals surface area contributed by atoms with Crippen LogP contribution in [0.4, 0.5) is 0 Å². The Bertz CT molecular complexity index is 318. The molecule has 3 nitrogen and oxygen atoms in total. The molecule has 1 N–H and O–H groups in total. The van der Waals surface area contributed by atoms with Crippen LogP contribution in [0, 0.1) is 0 Å². The summed E-state index contributed by atoms with van der Waals surface area (Å²) in [7, 11) is 0. The third-order valence-corrected chi connectivity index (χ3v) is 3.63. The standard InChI is InChI=1S/C12H17NO2S/c14-11(12-4-2-8-16-12)5-6-13-9-10-3-1-7-15-10/h2,4,8,10,13H,1,3,5-7,9H2. The van der Waals surface area contributed by atoms with Gasteiger partial charge in [0.1, 0.15) is 0 Å². The van der Waals surface area contributed by atoms with Gasteiger partial charge in [0, 0.05) is 26.1 Å². The van der Waals surface area contributed by atoms with E-state index >= 15 is 0 Å². The first kappa shape index (κ1) is 11.8. The van der Waals surface area contributed by atoms with Gasteiger partial charge in [-0.25, -0.2) is 0 Å². The van der Waals surface area contributed by atoms with Crippen molar-refractivity contribution < 1.29 is 9.53 Å². The second-order valence-electron chi connectivity index (χ2n) is 3.99. The summed E-state index contributed by atoms with van der Waals surface area (Å²) in [5.41, 5.74) is 0. The minimum absolute atomic E-state index is 0.231. The summed E-state index contributed by atoms with van der Waals surface area (Å²) in [6.45, 7) is 2.51. The van der Waals surface area contributed by atoms with Gasteiger partial charge < -0.3 is 10.1 Å². The number of hydrogen-bond donors (Lipinski definition) is 1. The summed E-state index contributed by atoms with van der Waals surface area (Å²) < 4.78 is 5.49. The summed E-state index contributed by atoms with van der Waals surface area (Å²) >= 11 is 1.51. The lowest BCUT2D eigenvalue weighted by atomic mass is 10.2. The number of carbonyl (C=O) groups excluding carboxylic acids is 1. The molecule has 1 saturated heterocycles. The van der Waals surface area contributed by atoms with E-state index < -0.39 is 0 Å². The molecule has 0 aromatic carbocycles. The van der Waals surface area contributed by atoms with E-state index in [4.69, 9.17) is 4.74 Å². The lowest BCUT2D eigenvalue weighted by Gasteiger charge is -2.09. The molecule has 1 atom stereocenters. The fourth-order valence-corrected chi connectivity index (χ4v) is 2.53. The summed E-state index contributed by atoms with van der Waals surface area (Å²) in [5.74, 6) is 0.231. The largest absolute Gasteiger partial charge is 0.377 e. The molecule has 1 aliphatic heterocycles. The van der Waals surface area contributed by atoms with Crippen molar-refractivity contribution in [3.8, 4) is 0 Å². The topological polar surface area (TPSA) is 38.3 Å². The Balaban J connectivity index is 1.59. The second-order valence-corrected chi connectivity index (χ2v) is 4.94. The molecule has 0 spiro atoms. The van der Waals surface area contributed by atoms with Gasteiger partial charge in [0.05, 0.1) is 11.0 Å². The van der Waals surface area contributed by atoms with Crippen LogP contribution in [0.2, 0.25) is 0 Å². The maximum Gasteiger partial charge on any atom is 0.174 e. The fraction of sp³-hybridized carbons (Fsp3) is 0.583. The van der Waals surface area contributed by atoms with Gasteiger partial charge in [0.15, 0.2) is 5.78 Å². The molecule has 0 aliphatic carbocycles. The van der Waals surface area contributed by atoms with E-state index in [0.29, 0.717) is 12.5 Å². The number of ether oxygens (including phenoxy) is 1. The van der Waals surface area contributed by atoms with Gasteiger partial charge in [-0.1, -0.05) is 6.07 Å². The lowest BCUT2D eigenvalue weighted by Crippen LogP contribution is -2.28. The number of hydrogen-bond acceptors (Lipinski definition) is 4. The molecular formula is C12H17NO2S. The summed E-state index contributed by atoms with van der Waals surface area (Å²) in [4.78, 5) is 12.5. The lowest BCUT2D eigenvalue weighted by molar-refractivity contribution is 0.0971. The number of carbonyl (C=O) groups is 1. The van der Waals surface area contributed by atoms with Crippen molar-refractivity contribution in [1.82, 2.24) is 5.32 Å². The van der Waals surface area contributed by atoms with Gasteiger partial charge in [-0.05, 0) is 24.3 Å². The van der Waals surface area contributed by atoms with Crippen molar-refractivity contribution in [2.24, 2.45) is 0 Å². The monoisotopic (exact) mass is 239 g/mol. The van der Waals surface area contributed by atoms with Crippen LogP contribution in [0.5, 0.6) is 0 Å². The van der Waals surface area contributed by atoms with E-state index in [1.54, 1.807) is 0 Å². The third-order valence-electron chi connectivity index (χ3n) is 2.72. The highest BCUT2D eigenvalue weighted by Gasteiger charge is 2.14. The number of nitrogens with one attached hydrogen (secondary N) is 1. The average Bonchev–Trinajstić information content (AvgIpc) is 2.96. The molecule has 4 heteroatoms. The Labute approximate surface area is 99.8 Å². The van der Waals surface area contributed by atoms with Crippen molar-refractivity contribution in [3.63, 3.8) is 0 Å². The fourth-order valence-electron chi connectivity index (χ4n) is 1.83. The van der Waals surface area contributed by atoms with Crippen molar-refractivity contribution in [2.45, 2.75) is 25.4 Å². The Kier molecular flexibility index (Phi) is 4.51. The molecule has 0 radical (unpaired) electrons. The van der Waals surface area contributed by atoms with Crippen LogP contribution in [-0.4, -0.2) is 31.6 Å². The zero-order valence-electron chi connectivity index (χ0n) is 9.28. The molecule has 0 amide bonds. The molecule has 1 aromatic heterocycles. The molecule has 16 heavy (non-hydrogen) atoms. The zero-order valence-corrected chi connectivity index (χ0v) is 10.1. The first-order valence-corrected chi connectivity index (χ1v) is 6.63. The molecule has 2 rings (SSSR count). The minimum atomic E-state index is 0.231. The van der Waals surface area contributed by atoms with Crippen molar-refractivity contribution in [2.75, 3.05) is 19.7 Å². The van der Waals surface area contributed by atoms with Crippen LogP contribution >= 0.6 is 11.3 Å². The molecule has 1 aliphatic rings. The van der Waals surface area contributed by atoms with Gasteiger partial charge in [-0.3, -0.25) is 4.79 Å². The number of ketones is 1. The van der Waals surface area contributed by atoms with Crippen LogP contribution in [0.25, 0.3) is 0 Å². The third kappa shape index (κ3) is 3.40. The predicted molar refractivity (Wildman–Crippen MR) is 65.1 cm³/mol. The molecule has 1 fully saturated rings. The maximum absolute atomic E-state index is 11.6. The first-order chi connectivity index (χ1) is 7.86. The Morgan fingerprint density at radius 2 is 2.56 bits per heavy atom. The Morgan fingerprint density at radius 3 is 3.25 bits per heavy atom. The highest BCUT2D eigenvalue weighted by Crippen LogP contribution is 2.12. The molecule has 0 bridgehead atoms. The molecule has 0 saturated carbocycles. The van der Waals surface area contributed by atoms with Crippen LogP contribution in [0.15, 0.2) is 17.5 Å². The summed E-state index contributed by atoms with van der Waals surface area (Å²) in [5, 5.41) is 5.22. The SMILES string of the molecule is O=C(CCNCC1CCCO1)c1cccs1. The molecule has 1 unspecified atom stereocenters. The molecule has 88 valence electrons. The number of thiophene rings is 1. The zero-order chi connectivity index (χ0) is 11.2. The highest BCUT2D eigenvalue weighted by atomic mass is 32.1. The molecular weight excluding hydrogens is 222 g/mol. The predicted octanol–water partition coefficient (Wildman–Crippen LogP) is 2.09. The Hall–Kier alpha value is -0.710. The summed E-state index contributed by atoms with van der Waals surface area (Å²) in [6.07, 6.45) is 3.25. The van der Waals surface area contributed by atoms with Crippen molar-refractivity contribution >= 4 is 17.1 Å². The number of rotatable bonds is 6. The first-order valence-electron chi connectivity index (χ1n) is 5.75. The van der Waals surface area contributed by atoms with Crippen molar-refractivity contribution in [1.29, 1.82) is 0 Å². The van der Waals surface area contributed by atoms with E-state index in [1.807, 2.05) is 17.5 Å². The molecule has 1 aromatic rings. The van der Waals surface area contributed by atoms with E-state index in [-0.39, 0.29) is 5.78 Å². The maximum atomic E-state index is 11.6. The van der Waals surface area contributed by atoms with Gasteiger partial charge in [-0.15, -0.1) is 11.3 Å². The smallest absolute Gasteiger partial charge is 0.174 e. The highest BCUT2D eigenvalue weighted by molar-refractivity contribution is 7.12. The van der Waals surface area contributed by atoms with Crippen molar-refractivity contribution in [3.05, 3.63) is 22.4 Å². The van der Waals surface area contributed by atoms with Gasteiger partial charge in [0.2, 0.25) is 0 Å². The summed E-state index contributed by atoms with van der Waals surface area (Å²) in [6, 6.07) is 3.80. The van der Waals surface area contributed by atoms with Gasteiger partial charge in [0.25, 0.3) is 0 Å². The van der Waals surface area contributed by atoms with Gasteiger partial charge >= 0.3 is 0 Å². The molecule has 2 heterocycles. The van der Waals surface area contributed by atoms with E-state index in [1.165, 1.54) is 17.8 Å². The quantitative estimate of drug-likeness (QED) is 0.610. The van der Waals surface area contributed by atoms with Crippen LogP contribution in [0.3, 0.4) is 0 Å². The second kappa shape index (κ2) is 6.13. The minimum Gasteiger partial charge on any atom is -0.377 e. The van der Waals surface area contributed by atoms with Crippen LogP contribution < -0.4 is 5.32 Å². The number of Topliss-reactive ketones (excluding diaryl/α,β-unsaturated/α-hetero) is 1. The van der Waals surface area contributed by atoms with Crippen LogP contribution in [-0.2, 0) is 4.74 Å². The van der Waals surface area contributed by atoms with E-state index in [2.05, 4.69) is 5.32 Å². The Morgan fingerprint density at radius 1 is 1.62 bits per heavy atom. The average molecular weight is 239 g/mol. The van der Waals surface area contributed by atoms with E-state index in [9.17, 15) is 4.79 Å². The van der Waals surface area contributed by atoms with Gasteiger partial charge in [-0.2, -0.15) is 0 Å². The van der Waals surface area contributed by atoms with Crippen LogP contribution in [0.1, 0.15) is 28.9 Å². The van der Waals surface area contributed by atoms with E-state index in [0.717, 1.165) is 31.0 Å².